The monoisotopic (exact) mass is 231 g/mol. The van der Waals surface area contributed by atoms with Crippen LogP contribution < -0.4 is 10.6 Å². The Kier molecular flexibility index (Phi) is 3.23. The van der Waals surface area contributed by atoms with E-state index in [1.54, 1.807) is 6.07 Å². The van der Waals surface area contributed by atoms with Gasteiger partial charge in [-0.15, -0.1) is 0 Å². The predicted octanol–water partition coefficient (Wildman–Crippen LogP) is 1.62. The van der Waals surface area contributed by atoms with Gasteiger partial charge in [-0.1, -0.05) is 29.3 Å². The normalized spacial score (nSPS) is 22.3. The molecule has 1 fully saturated rings. The summed E-state index contributed by atoms with van der Waals surface area (Å²) in [5, 5.41) is 7.58. The zero-order valence-electron chi connectivity index (χ0n) is 7.56. The zero-order valence-corrected chi connectivity index (χ0v) is 9.07. The lowest BCUT2D eigenvalue weighted by Gasteiger charge is -2.25. The third kappa shape index (κ3) is 2.17. The van der Waals surface area contributed by atoms with Gasteiger partial charge in [0, 0.05) is 31.2 Å². The highest BCUT2D eigenvalue weighted by atomic mass is 35.5. The van der Waals surface area contributed by atoms with Crippen molar-refractivity contribution >= 4 is 23.2 Å². The van der Waals surface area contributed by atoms with Gasteiger partial charge in [0.15, 0.2) is 0 Å². The minimum Gasteiger partial charge on any atom is -0.314 e. The standard InChI is InChI=1S/C9H11Cl2N3/c10-8-2-1-6(9(11)14-8)7-5-12-3-4-13-7/h1-2,7,12-13H,3-5H2/t7-/m0/s1. The third-order valence-corrected chi connectivity index (χ3v) is 2.77. The van der Waals surface area contributed by atoms with Gasteiger partial charge in [-0.2, -0.15) is 0 Å². The van der Waals surface area contributed by atoms with E-state index < -0.39 is 0 Å². The fourth-order valence-electron chi connectivity index (χ4n) is 1.56. The first-order chi connectivity index (χ1) is 6.77. The molecule has 2 N–H and O–H groups in total. The summed E-state index contributed by atoms with van der Waals surface area (Å²) in [4.78, 5) is 4.01. The van der Waals surface area contributed by atoms with Crippen molar-refractivity contribution in [1.29, 1.82) is 0 Å². The number of aromatic nitrogens is 1. The molecule has 14 heavy (non-hydrogen) atoms. The molecule has 76 valence electrons. The van der Waals surface area contributed by atoms with E-state index in [0.717, 1.165) is 25.2 Å². The molecular weight excluding hydrogens is 221 g/mol. The summed E-state index contributed by atoms with van der Waals surface area (Å²) in [6, 6.07) is 3.92. The summed E-state index contributed by atoms with van der Waals surface area (Å²) in [6.45, 7) is 2.82. The van der Waals surface area contributed by atoms with Gasteiger partial charge in [0.05, 0.1) is 0 Å². The summed E-state index contributed by atoms with van der Waals surface area (Å²) < 4.78 is 0. The molecule has 1 atom stereocenters. The van der Waals surface area contributed by atoms with Gasteiger partial charge in [-0.05, 0) is 6.07 Å². The molecule has 3 nitrogen and oxygen atoms in total. The Hall–Kier alpha value is -0.350. The average Bonchev–Trinajstić information content (AvgIpc) is 2.19. The van der Waals surface area contributed by atoms with Crippen LogP contribution in [0, 0.1) is 0 Å². The van der Waals surface area contributed by atoms with E-state index in [9.17, 15) is 0 Å². The van der Waals surface area contributed by atoms with Crippen LogP contribution in [0.5, 0.6) is 0 Å². The summed E-state index contributed by atoms with van der Waals surface area (Å²) in [5.74, 6) is 0. The number of nitrogens with one attached hydrogen (secondary N) is 2. The Bertz CT molecular complexity index is 324. The highest BCUT2D eigenvalue weighted by molar-refractivity contribution is 6.32. The maximum absolute atomic E-state index is 6.00. The molecule has 0 saturated carbocycles. The summed E-state index contributed by atoms with van der Waals surface area (Å²) in [6.07, 6.45) is 0. The zero-order chi connectivity index (χ0) is 9.97. The van der Waals surface area contributed by atoms with E-state index in [1.165, 1.54) is 0 Å². The molecule has 0 spiro atoms. The SMILES string of the molecule is Clc1ccc([C@@H]2CNCCN2)c(Cl)n1. The number of pyridine rings is 1. The first-order valence-corrected chi connectivity index (χ1v) is 5.29. The van der Waals surface area contributed by atoms with Crippen LogP contribution in [0.2, 0.25) is 10.3 Å². The van der Waals surface area contributed by atoms with Crippen LogP contribution in [0.3, 0.4) is 0 Å². The second kappa shape index (κ2) is 4.45. The molecule has 1 aromatic heterocycles. The number of halogens is 2. The first kappa shape index (κ1) is 10.2. The number of hydrogen-bond donors (Lipinski definition) is 2. The van der Waals surface area contributed by atoms with Gasteiger partial charge in [-0.3, -0.25) is 0 Å². The maximum atomic E-state index is 6.00. The maximum Gasteiger partial charge on any atom is 0.135 e. The highest BCUT2D eigenvalue weighted by Gasteiger charge is 2.17. The van der Waals surface area contributed by atoms with Gasteiger partial charge in [0.2, 0.25) is 0 Å². The molecule has 0 aromatic carbocycles. The average molecular weight is 232 g/mol. The first-order valence-electron chi connectivity index (χ1n) is 4.53. The molecule has 1 saturated heterocycles. The summed E-state index contributed by atoms with van der Waals surface area (Å²) in [7, 11) is 0. The molecule has 0 bridgehead atoms. The van der Waals surface area contributed by atoms with Crippen LogP contribution in [-0.4, -0.2) is 24.6 Å². The lowest BCUT2D eigenvalue weighted by molar-refractivity contribution is 0.429. The van der Waals surface area contributed by atoms with Gasteiger partial charge >= 0.3 is 0 Å². The molecule has 5 heteroatoms. The smallest absolute Gasteiger partial charge is 0.135 e. The van der Waals surface area contributed by atoms with Crippen molar-refractivity contribution in [3.8, 4) is 0 Å². The van der Waals surface area contributed by atoms with Crippen LogP contribution in [0.15, 0.2) is 12.1 Å². The minimum atomic E-state index is 0.237. The van der Waals surface area contributed by atoms with Crippen molar-refractivity contribution in [3.05, 3.63) is 28.0 Å². The second-order valence-electron chi connectivity index (χ2n) is 3.22. The fourth-order valence-corrected chi connectivity index (χ4v) is 2.03. The van der Waals surface area contributed by atoms with E-state index >= 15 is 0 Å². The molecular formula is C9H11Cl2N3. The van der Waals surface area contributed by atoms with Crippen LogP contribution in [0.25, 0.3) is 0 Å². The van der Waals surface area contributed by atoms with Gasteiger partial charge in [0.1, 0.15) is 10.3 Å². The van der Waals surface area contributed by atoms with Crippen LogP contribution in [-0.2, 0) is 0 Å². The van der Waals surface area contributed by atoms with Gasteiger partial charge < -0.3 is 10.6 Å². The van der Waals surface area contributed by atoms with Crippen LogP contribution in [0.1, 0.15) is 11.6 Å². The van der Waals surface area contributed by atoms with E-state index in [0.29, 0.717) is 10.3 Å². The Labute approximate surface area is 92.8 Å². The Morgan fingerprint density at radius 3 is 2.79 bits per heavy atom. The largest absolute Gasteiger partial charge is 0.314 e. The Morgan fingerprint density at radius 1 is 1.29 bits per heavy atom. The van der Waals surface area contributed by atoms with E-state index in [2.05, 4.69) is 15.6 Å². The van der Waals surface area contributed by atoms with Crippen LogP contribution >= 0.6 is 23.2 Å². The summed E-state index contributed by atoms with van der Waals surface area (Å²) in [5.41, 5.74) is 1.00. The Balaban J connectivity index is 2.22. The van der Waals surface area contributed by atoms with Crippen molar-refractivity contribution in [2.45, 2.75) is 6.04 Å². The Morgan fingerprint density at radius 2 is 2.14 bits per heavy atom. The van der Waals surface area contributed by atoms with Gasteiger partial charge in [0.25, 0.3) is 0 Å². The molecule has 0 aliphatic carbocycles. The van der Waals surface area contributed by atoms with Crippen molar-refractivity contribution in [2.75, 3.05) is 19.6 Å². The lowest BCUT2D eigenvalue weighted by atomic mass is 10.1. The fraction of sp³-hybridized carbons (Fsp3) is 0.444. The number of nitrogens with zero attached hydrogens (tertiary/aromatic N) is 1. The molecule has 0 unspecified atom stereocenters. The second-order valence-corrected chi connectivity index (χ2v) is 3.97. The van der Waals surface area contributed by atoms with Crippen molar-refractivity contribution in [1.82, 2.24) is 15.6 Å². The number of piperazine rings is 1. The number of rotatable bonds is 1. The highest BCUT2D eigenvalue weighted by Crippen LogP contribution is 2.23. The molecule has 2 heterocycles. The minimum absolute atomic E-state index is 0.237. The van der Waals surface area contributed by atoms with E-state index in [1.807, 2.05) is 6.07 Å². The van der Waals surface area contributed by atoms with Crippen molar-refractivity contribution in [3.63, 3.8) is 0 Å². The van der Waals surface area contributed by atoms with Crippen molar-refractivity contribution in [2.24, 2.45) is 0 Å². The molecule has 0 amide bonds. The predicted molar refractivity (Wildman–Crippen MR) is 57.9 cm³/mol. The molecule has 1 aromatic rings. The molecule has 1 aliphatic heterocycles. The summed E-state index contributed by atoms with van der Waals surface area (Å²) >= 11 is 11.7. The van der Waals surface area contributed by atoms with Crippen molar-refractivity contribution < 1.29 is 0 Å². The topological polar surface area (TPSA) is 37.0 Å². The van der Waals surface area contributed by atoms with Gasteiger partial charge in [-0.25, -0.2) is 4.98 Å². The van der Waals surface area contributed by atoms with E-state index in [4.69, 9.17) is 23.2 Å². The molecule has 0 radical (unpaired) electrons. The third-order valence-electron chi connectivity index (χ3n) is 2.26. The molecule has 2 rings (SSSR count). The van der Waals surface area contributed by atoms with E-state index in [-0.39, 0.29) is 6.04 Å². The van der Waals surface area contributed by atoms with Crippen LogP contribution in [0.4, 0.5) is 0 Å². The molecule has 1 aliphatic rings. The quantitative estimate of drug-likeness (QED) is 0.722. The number of hydrogen-bond acceptors (Lipinski definition) is 3. The lowest BCUT2D eigenvalue weighted by Crippen LogP contribution is -2.42.